The molecule has 1 aromatic heterocycles. The Labute approximate surface area is 182 Å². The van der Waals surface area contributed by atoms with Gasteiger partial charge < -0.3 is 10.2 Å². The molecule has 30 heavy (non-hydrogen) atoms. The van der Waals surface area contributed by atoms with Crippen molar-refractivity contribution in [1.29, 1.82) is 0 Å². The van der Waals surface area contributed by atoms with Gasteiger partial charge in [-0.25, -0.2) is 0 Å². The summed E-state index contributed by atoms with van der Waals surface area (Å²) in [6.45, 7) is 0.944. The number of nitrogens with one attached hydrogen (secondary N) is 1. The summed E-state index contributed by atoms with van der Waals surface area (Å²) in [5.41, 5.74) is 6.68. The Morgan fingerprint density at radius 1 is 1.10 bits per heavy atom. The SMILES string of the molecule is CN(C)CC1=Cc2ncc(NC(=O)c3ccc(-c4ccccc4)c(Cl)c3)cc2CC1. The smallest absolute Gasteiger partial charge is 0.255 e. The lowest BCUT2D eigenvalue weighted by atomic mass is 9.95. The van der Waals surface area contributed by atoms with Gasteiger partial charge in [-0.2, -0.15) is 0 Å². The minimum absolute atomic E-state index is 0.196. The number of halogens is 1. The first-order chi connectivity index (χ1) is 14.5. The molecule has 1 N–H and O–H groups in total. The van der Waals surface area contributed by atoms with Crippen molar-refractivity contribution >= 4 is 29.3 Å². The number of carbonyl (C=O) groups is 1. The molecule has 3 aromatic rings. The number of carbonyl (C=O) groups excluding carboxylic acids is 1. The maximum atomic E-state index is 12.7. The minimum atomic E-state index is -0.196. The van der Waals surface area contributed by atoms with Crippen molar-refractivity contribution in [2.75, 3.05) is 26.0 Å². The van der Waals surface area contributed by atoms with Crippen LogP contribution in [0.25, 0.3) is 17.2 Å². The van der Waals surface area contributed by atoms with Crippen LogP contribution in [0.5, 0.6) is 0 Å². The van der Waals surface area contributed by atoms with Gasteiger partial charge in [-0.3, -0.25) is 9.78 Å². The van der Waals surface area contributed by atoms with Gasteiger partial charge in [0.25, 0.3) is 5.91 Å². The summed E-state index contributed by atoms with van der Waals surface area (Å²) in [6.07, 6.45) is 5.82. The molecule has 2 aromatic carbocycles. The highest BCUT2D eigenvalue weighted by molar-refractivity contribution is 6.33. The van der Waals surface area contributed by atoms with Crippen molar-refractivity contribution in [3.8, 4) is 11.1 Å². The Morgan fingerprint density at radius 3 is 2.63 bits per heavy atom. The number of benzene rings is 2. The Hall–Kier alpha value is -2.95. The van der Waals surface area contributed by atoms with Crippen molar-refractivity contribution in [2.45, 2.75) is 12.8 Å². The molecule has 0 aliphatic heterocycles. The van der Waals surface area contributed by atoms with Gasteiger partial charge in [0.15, 0.2) is 0 Å². The molecular weight excluding hydrogens is 394 g/mol. The summed E-state index contributed by atoms with van der Waals surface area (Å²) in [5, 5.41) is 3.50. The van der Waals surface area contributed by atoms with Gasteiger partial charge in [0.1, 0.15) is 0 Å². The lowest BCUT2D eigenvalue weighted by molar-refractivity contribution is 0.102. The molecule has 0 fully saturated rings. The molecule has 0 unspecified atom stereocenters. The molecule has 0 bridgehead atoms. The predicted molar refractivity (Wildman–Crippen MR) is 124 cm³/mol. The lowest BCUT2D eigenvalue weighted by Crippen LogP contribution is -2.17. The first kappa shape index (κ1) is 20.3. The molecule has 0 spiro atoms. The van der Waals surface area contributed by atoms with Crippen LogP contribution in [0.2, 0.25) is 5.02 Å². The van der Waals surface area contributed by atoms with E-state index in [1.54, 1.807) is 18.3 Å². The molecule has 1 aliphatic rings. The Kier molecular flexibility index (Phi) is 5.98. The van der Waals surface area contributed by atoms with Gasteiger partial charge in [0.05, 0.1) is 17.6 Å². The zero-order valence-electron chi connectivity index (χ0n) is 17.2. The molecule has 0 saturated carbocycles. The Bertz CT molecular complexity index is 1110. The van der Waals surface area contributed by atoms with Crippen molar-refractivity contribution in [2.24, 2.45) is 0 Å². The molecule has 152 valence electrons. The summed E-state index contributed by atoms with van der Waals surface area (Å²) in [5.74, 6) is -0.196. The lowest BCUT2D eigenvalue weighted by Gasteiger charge is -2.19. The van der Waals surface area contributed by atoms with E-state index < -0.39 is 0 Å². The molecule has 5 heteroatoms. The van der Waals surface area contributed by atoms with Gasteiger partial charge in [0, 0.05) is 22.7 Å². The summed E-state index contributed by atoms with van der Waals surface area (Å²) in [4.78, 5) is 19.5. The number of likely N-dealkylation sites (N-methyl/N-ethyl adjacent to an activating group) is 1. The summed E-state index contributed by atoms with van der Waals surface area (Å²) < 4.78 is 0. The van der Waals surface area contributed by atoms with Crippen LogP contribution in [0.15, 0.2) is 66.4 Å². The molecular formula is C25H24ClN3O. The average Bonchev–Trinajstić information content (AvgIpc) is 2.74. The van der Waals surface area contributed by atoms with Crippen LogP contribution in [0.1, 0.15) is 28.0 Å². The van der Waals surface area contributed by atoms with Crippen LogP contribution >= 0.6 is 11.6 Å². The van der Waals surface area contributed by atoms with Crippen molar-refractivity contribution in [3.05, 3.63) is 88.2 Å². The first-order valence-electron chi connectivity index (χ1n) is 9.99. The number of hydrogen-bond donors (Lipinski definition) is 1. The Balaban J connectivity index is 1.50. The molecule has 1 aliphatic carbocycles. The van der Waals surface area contributed by atoms with Crippen LogP contribution in [-0.2, 0) is 6.42 Å². The zero-order chi connectivity index (χ0) is 21.1. The highest BCUT2D eigenvalue weighted by atomic mass is 35.5. The molecule has 1 heterocycles. The second kappa shape index (κ2) is 8.82. The number of pyridine rings is 1. The van der Waals surface area contributed by atoms with Crippen molar-refractivity contribution in [1.82, 2.24) is 9.88 Å². The zero-order valence-corrected chi connectivity index (χ0v) is 17.9. The van der Waals surface area contributed by atoms with E-state index in [4.69, 9.17) is 11.6 Å². The van der Waals surface area contributed by atoms with Crippen LogP contribution in [0.4, 0.5) is 5.69 Å². The number of amides is 1. The number of aromatic nitrogens is 1. The van der Waals surface area contributed by atoms with E-state index in [1.165, 1.54) is 5.57 Å². The van der Waals surface area contributed by atoms with Crippen molar-refractivity contribution < 1.29 is 4.79 Å². The highest BCUT2D eigenvalue weighted by Gasteiger charge is 2.15. The maximum absolute atomic E-state index is 12.7. The average molecular weight is 418 g/mol. The Morgan fingerprint density at radius 2 is 1.90 bits per heavy atom. The molecule has 1 amide bonds. The van der Waals surface area contributed by atoms with Crippen LogP contribution in [-0.4, -0.2) is 36.4 Å². The largest absolute Gasteiger partial charge is 0.321 e. The third kappa shape index (κ3) is 4.61. The number of fused-ring (bicyclic) bond motifs is 1. The normalized spacial score (nSPS) is 13.0. The number of anilines is 1. The van der Waals surface area contributed by atoms with Crippen LogP contribution in [0, 0.1) is 0 Å². The fourth-order valence-electron chi connectivity index (χ4n) is 3.72. The molecule has 0 radical (unpaired) electrons. The van der Waals surface area contributed by atoms with E-state index in [2.05, 4.69) is 35.4 Å². The second-order valence-corrected chi connectivity index (χ2v) is 8.23. The maximum Gasteiger partial charge on any atom is 0.255 e. The second-order valence-electron chi connectivity index (χ2n) is 7.82. The number of rotatable bonds is 5. The molecule has 4 nitrogen and oxygen atoms in total. The third-order valence-corrected chi connectivity index (χ3v) is 5.46. The van der Waals surface area contributed by atoms with Gasteiger partial charge in [-0.1, -0.05) is 53.6 Å². The minimum Gasteiger partial charge on any atom is -0.321 e. The van der Waals surface area contributed by atoms with E-state index in [0.717, 1.165) is 41.8 Å². The summed E-state index contributed by atoms with van der Waals surface area (Å²) in [7, 11) is 4.14. The van der Waals surface area contributed by atoms with E-state index in [1.807, 2.05) is 42.5 Å². The van der Waals surface area contributed by atoms with E-state index in [-0.39, 0.29) is 5.91 Å². The number of hydrogen-bond acceptors (Lipinski definition) is 3. The van der Waals surface area contributed by atoms with Gasteiger partial charge >= 0.3 is 0 Å². The molecule has 0 atom stereocenters. The summed E-state index contributed by atoms with van der Waals surface area (Å²) >= 11 is 6.45. The number of aryl methyl sites for hydroxylation is 1. The topological polar surface area (TPSA) is 45.2 Å². The molecule has 4 rings (SSSR count). The van der Waals surface area contributed by atoms with E-state index >= 15 is 0 Å². The fourth-order valence-corrected chi connectivity index (χ4v) is 4.01. The molecule has 0 saturated heterocycles. The van der Waals surface area contributed by atoms with Gasteiger partial charge in [-0.05, 0) is 62.3 Å². The third-order valence-electron chi connectivity index (χ3n) is 5.15. The van der Waals surface area contributed by atoms with E-state index in [0.29, 0.717) is 16.3 Å². The van der Waals surface area contributed by atoms with Crippen molar-refractivity contribution in [3.63, 3.8) is 0 Å². The standard InChI is InChI=1S/C25H24ClN3O/c1-29(2)16-17-8-9-19-13-21(15-27-24(19)12-17)28-25(30)20-10-11-22(23(26)14-20)18-6-4-3-5-7-18/h3-7,10-15H,8-9,16H2,1-2H3,(H,28,30). The first-order valence-corrected chi connectivity index (χ1v) is 10.4. The fraction of sp³-hybridized carbons (Fsp3) is 0.200. The van der Waals surface area contributed by atoms with Gasteiger partial charge in [-0.15, -0.1) is 0 Å². The highest BCUT2D eigenvalue weighted by Crippen LogP contribution is 2.29. The van der Waals surface area contributed by atoms with Crippen LogP contribution < -0.4 is 5.32 Å². The predicted octanol–water partition coefficient (Wildman–Crippen LogP) is 5.55. The van der Waals surface area contributed by atoms with Crippen LogP contribution in [0.3, 0.4) is 0 Å². The monoisotopic (exact) mass is 417 g/mol. The number of nitrogens with zero attached hydrogens (tertiary/aromatic N) is 2. The quantitative estimate of drug-likeness (QED) is 0.592. The summed E-state index contributed by atoms with van der Waals surface area (Å²) in [6, 6.07) is 17.3. The van der Waals surface area contributed by atoms with Gasteiger partial charge in [0.2, 0.25) is 0 Å². The van der Waals surface area contributed by atoms with E-state index in [9.17, 15) is 4.79 Å².